The average molecular weight is 335 g/mol. The van der Waals surface area contributed by atoms with Gasteiger partial charge in [-0.25, -0.2) is 0 Å². The standard InChI is InChI=1S/C20H17NO4/c1-3-13-11(2)21-14-5-7-16-20(25-10-23-16)19(14)18(13)12-4-6-15-17(8-12)24-9-22-15/h4-8H,3,9-10H2,1-2H3. The fraction of sp³-hybridized carbons (Fsp3) is 0.250. The molecule has 5 heteroatoms. The molecule has 0 radical (unpaired) electrons. The Bertz CT molecular complexity index is 1010. The average Bonchev–Trinajstić information content (AvgIpc) is 3.28. The molecule has 126 valence electrons. The first-order chi connectivity index (χ1) is 12.3. The van der Waals surface area contributed by atoms with Crippen LogP contribution in [0.15, 0.2) is 30.3 Å². The van der Waals surface area contributed by atoms with Crippen molar-refractivity contribution in [1.82, 2.24) is 4.98 Å². The molecule has 0 unspecified atom stereocenters. The summed E-state index contributed by atoms with van der Waals surface area (Å²) in [5.74, 6) is 3.09. The van der Waals surface area contributed by atoms with Crippen LogP contribution >= 0.6 is 0 Å². The Morgan fingerprint density at radius 2 is 1.68 bits per heavy atom. The fourth-order valence-corrected chi connectivity index (χ4v) is 3.68. The fourth-order valence-electron chi connectivity index (χ4n) is 3.68. The minimum absolute atomic E-state index is 0.240. The lowest BCUT2D eigenvalue weighted by Crippen LogP contribution is -1.99. The van der Waals surface area contributed by atoms with Crippen molar-refractivity contribution < 1.29 is 18.9 Å². The lowest BCUT2D eigenvalue weighted by atomic mass is 9.92. The maximum Gasteiger partial charge on any atom is 0.231 e. The Labute approximate surface area is 145 Å². The number of nitrogens with zero attached hydrogens (tertiary/aromatic N) is 1. The Morgan fingerprint density at radius 3 is 2.56 bits per heavy atom. The van der Waals surface area contributed by atoms with E-state index in [1.54, 1.807) is 0 Å². The lowest BCUT2D eigenvalue weighted by molar-refractivity contribution is 0.174. The highest BCUT2D eigenvalue weighted by Crippen LogP contribution is 2.46. The molecule has 0 bridgehead atoms. The second-order valence-corrected chi connectivity index (χ2v) is 6.17. The monoisotopic (exact) mass is 335 g/mol. The SMILES string of the molecule is CCc1c(C)nc2ccc3c(c2c1-c1ccc2c(c1)OCO2)OCO3. The number of pyridine rings is 1. The van der Waals surface area contributed by atoms with E-state index >= 15 is 0 Å². The zero-order valence-electron chi connectivity index (χ0n) is 14.1. The molecule has 3 heterocycles. The van der Waals surface area contributed by atoms with Gasteiger partial charge in [-0.3, -0.25) is 4.98 Å². The molecule has 5 rings (SSSR count). The van der Waals surface area contributed by atoms with Crippen LogP contribution in [0.25, 0.3) is 22.0 Å². The van der Waals surface area contributed by atoms with E-state index < -0.39 is 0 Å². The molecular formula is C20H17NO4. The summed E-state index contributed by atoms with van der Waals surface area (Å²) >= 11 is 0. The van der Waals surface area contributed by atoms with Crippen LogP contribution in [-0.4, -0.2) is 18.6 Å². The number of rotatable bonds is 2. The van der Waals surface area contributed by atoms with E-state index in [4.69, 9.17) is 23.9 Å². The van der Waals surface area contributed by atoms with Crippen LogP contribution in [0.5, 0.6) is 23.0 Å². The largest absolute Gasteiger partial charge is 0.454 e. The van der Waals surface area contributed by atoms with Gasteiger partial charge in [0.1, 0.15) is 0 Å². The highest BCUT2D eigenvalue weighted by molar-refractivity contribution is 6.02. The first-order valence-electron chi connectivity index (χ1n) is 8.38. The lowest BCUT2D eigenvalue weighted by Gasteiger charge is -2.16. The van der Waals surface area contributed by atoms with Crippen molar-refractivity contribution in [2.24, 2.45) is 0 Å². The third kappa shape index (κ3) is 2.05. The highest BCUT2D eigenvalue weighted by Gasteiger charge is 2.24. The number of benzene rings is 2. The van der Waals surface area contributed by atoms with Gasteiger partial charge < -0.3 is 18.9 Å². The van der Waals surface area contributed by atoms with E-state index in [9.17, 15) is 0 Å². The smallest absolute Gasteiger partial charge is 0.231 e. The Hall–Kier alpha value is -2.95. The van der Waals surface area contributed by atoms with E-state index in [1.165, 1.54) is 5.56 Å². The van der Waals surface area contributed by atoms with Crippen LogP contribution in [0.1, 0.15) is 18.2 Å². The summed E-state index contributed by atoms with van der Waals surface area (Å²) < 4.78 is 22.4. The van der Waals surface area contributed by atoms with Gasteiger partial charge in [-0.1, -0.05) is 13.0 Å². The predicted molar refractivity (Wildman–Crippen MR) is 93.5 cm³/mol. The van der Waals surface area contributed by atoms with Crippen LogP contribution in [0.3, 0.4) is 0 Å². The summed E-state index contributed by atoms with van der Waals surface area (Å²) in [6.45, 7) is 4.71. The molecule has 0 spiro atoms. The van der Waals surface area contributed by atoms with Crippen molar-refractivity contribution in [2.45, 2.75) is 20.3 Å². The maximum absolute atomic E-state index is 5.79. The Morgan fingerprint density at radius 1 is 0.920 bits per heavy atom. The van der Waals surface area contributed by atoms with Crippen molar-refractivity contribution in [1.29, 1.82) is 0 Å². The van der Waals surface area contributed by atoms with Crippen LogP contribution in [0, 0.1) is 6.92 Å². The van der Waals surface area contributed by atoms with E-state index in [0.717, 1.165) is 57.1 Å². The van der Waals surface area contributed by atoms with Crippen molar-refractivity contribution in [2.75, 3.05) is 13.6 Å². The minimum atomic E-state index is 0.240. The molecule has 25 heavy (non-hydrogen) atoms. The molecule has 0 saturated heterocycles. The topological polar surface area (TPSA) is 49.8 Å². The zero-order chi connectivity index (χ0) is 17.0. The minimum Gasteiger partial charge on any atom is -0.454 e. The van der Waals surface area contributed by atoms with Gasteiger partial charge in [-0.05, 0) is 48.7 Å². The second kappa shape index (κ2) is 5.28. The normalized spacial score (nSPS) is 14.3. The zero-order valence-corrected chi connectivity index (χ0v) is 14.1. The third-order valence-corrected chi connectivity index (χ3v) is 4.81. The quantitative estimate of drug-likeness (QED) is 0.701. The van der Waals surface area contributed by atoms with Crippen LogP contribution in [0.4, 0.5) is 0 Å². The second-order valence-electron chi connectivity index (χ2n) is 6.17. The molecule has 2 aliphatic rings. The van der Waals surface area contributed by atoms with Gasteiger partial charge in [0.15, 0.2) is 23.0 Å². The Kier molecular flexibility index (Phi) is 3.04. The van der Waals surface area contributed by atoms with Gasteiger partial charge in [0.25, 0.3) is 0 Å². The van der Waals surface area contributed by atoms with Crippen molar-refractivity contribution in [3.63, 3.8) is 0 Å². The molecule has 2 aliphatic heterocycles. The number of aryl methyl sites for hydroxylation is 1. The highest BCUT2D eigenvalue weighted by atomic mass is 16.7. The summed E-state index contributed by atoms with van der Waals surface area (Å²) in [5, 5.41) is 0.997. The van der Waals surface area contributed by atoms with E-state index in [-0.39, 0.29) is 13.6 Å². The molecular weight excluding hydrogens is 318 g/mol. The summed E-state index contributed by atoms with van der Waals surface area (Å²) in [6.07, 6.45) is 0.878. The Balaban J connectivity index is 1.88. The molecule has 3 aromatic rings. The molecule has 0 fully saturated rings. The molecule has 0 amide bonds. The first kappa shape index (κ1) is 14.4. The third-order valence-electron chi connectivity index (χ3n) is 4.81. The number of fused-ring (bicyclic) bond motifs is 4. The number of hydrogen-bond donors (Lipinski definition) is 0. The van der Waals surface area contributed by atoms with Crippen LogP contribution in [0.2, 0.25) is 0 Å². The van der Waals surface area contributed by atoms with E-state index in [2.05, 4.69) is 19.9 Å². The van der Waals surface area contributed by atoms with E-state index in [0.29, 0.717) is 0 Å². The van der Waals surface area contributed by atoms with Gasteiger partial charge >= 0.3 is 0 Å². The van der Waals surface area contributed by atoms with Gasteiger partial charge in [0.05, 0.1) is 10.9 Å². The summed E-state index contributed by atoms with van der Waals surface area (Å²) in [5.41, 5.74) is 5.34. The molecule has 0 N–H and O–H groups in total. The molecule has 5 nitrogen and oxygen atoms in total. The van der Waals surface area contributed by atoms with Crippen LogP contribution < -0.4 is 18.9 Å². The number of ether oxygens (including phenoxy) is 4. The molecule has 0 atom stereocenters. The molecule has 0 saturated carbocycles. The van der Waals surface area contributed by atoms with Crippen LogP contribution in [-0.2, 0) is 6.42 Å². The summed E-state index contributed by atoms with van der Waals surface area (Å²) in [6, 6.07) is 9.97. The van der Waals surface area contributed by atoms with Gasteiger partial charge in [0.2, 0.25) is 13.6 Å². The summed E-state index contributed by atoms with van der Waals surface area (Å²) in [4.78, 5) is 4.79. The number of aromatic nitrogens is 1. The van der Waals surface area contributed by atoms with Gasteiger partial charge in [0, 0.05) is 11.3 Å². The maximum atomic E-state index is 5.79. The van der Waals surface area contributed by atoms with Gasteiger partial charge in [-0.15, -0.1) is 0 Å². The number of hydrogen-bond acceptors (Lipinski definition) is 5. The molecule has 2 aromatic carbocycles. The van der Waals surface area contributed by atoms with Crippen molar-refractivity contribution in [3.05, 3.63) is 41.6 Å². The van der Waals surface area contributed by atoms with Crippen molar-refractivity contribution >= 4 is 10.9 Å². The molecule has 0 aliphatic carbocycles. The van der Waals surface area contributed by atoms with Crippen molar-refractivity contribution in [3.8, 4) is 34.1 Å². The van der Waals surface area contributed by atoms with Gasteiger partial charge in [-0.2, -0.15) is 0 Å². The molecule has 1 aromatic heterocycles. The first-order valence-corrected chi connectivity index (χ1v) is 8.38. The van der Waals surface area contributed by atoms with E-state index in [1.807, 2.05) is 24.3 Å². The summed E-state index contributed by atoms with van der Waals surface area (Å²) in [7, 11) is 0. The predicted octanol–water partition coefficient (Wildman–Crippen LogP) is 4.23.